The van der Waals surface area contributed by atoms with E-state index in [2.05, 4.69) is 10.5 Å². The van der Waals surface area contributed by atoms with Crippen LogP contribution in [-0.4, -0.2) is 60.6 Å². The van der Waals surface area contributed by atoms with E-state index in [-0.39, 0.29) is 0 Å². The normalized spacial score (nSPS) is 17.1. The lowest BCUT2D eigenvalue weighted by molar-refractivity contribution is -0.0498. The fraction of sp³-hybridized carbons (Fsp3) is 0.174. The summed E-state index contributed by atoms with van der Waals surface area (Å²) in [5.74, 6) is -1.67. The van der Waals surface area contributed by atoms with E-state index >= 15 is 0 Å². The number of carbonyl (C=O) groups is 4. The molecule has 0 spiro atoms. The van der Waals surface area contributed by atoms with Crippen molar-refractivity contribution in [3.63, 3.8) is 0 Å². The summed E-state index contributed by atoms with van der Waals surface area (Å²) in [6.45, 7) is 5.13. The predicted molar refractivity (Wildman–Crippen MR) is 132 cm³/mol. The minimum Gasteiger partial charge on any atom is -0.268 e. The van der Waals surface area contributed by atoms with Gasteiger partial charge in [-0.2, -0.15) is 5.01 Å². The van der Waals surface area contributed by atoms with Gasteiger partial charge in [-0.05, 0) is 24.3 Å². The summed E-state index contributed by atoms with van der Waals surface area (Å²) >= 11 is 1.82. The number of nitrogens with zero attached hydrogens (tertiary/aromatic N) is 5. The third-order valence-corrected chi connectivity index (χ3v) is 7.36. The Bertz CT molecular complexity index is 1250. The standard InChI is InChI=1S/C23H20N6O4S2/c1-3-26(4-2)29-24-18(34-27-20(30)14-9-5-6-10-15(14)21(27)31)13-19(25-29)35-28-22(32)16-11-7-8-12-17(16)23(28)33/h5-13,24H,3-4H2,1-2H3. The van der Waals surface area contributed by atoms with Crippen LogP contribution in [0, 0.1) is 0 Å². The molecule has 0 aromatic heterocycles. The molecule has 0 radical (unpaired) electrons. The number of fused-ring (bicyclic) bond motifs is 2. The molecule has 2 aromatic rings. The topological polar surface area (TPSA) is 106 Å². The lowest BCUT2D eigenvalue weighted by atomic mass is 10.1. The number of hydrogen-bond acceptors (Lipinski definition) is 10. The van der Waals surface area contributed by atoms with E-state index in [4.69, 9.17) is 0 Å². The van der Waals surface area contributed by atoms with Crippen LogP contribution in [0.1, 0.15) is 55.3 Å². The van der Waals surface area contributed by atoms with Gasteiger partial charge in [-0.3, -0.25) is 24.6 Å². The first-order chi connectivity index (χ1) is 16.9. The molecule has 3 aliphatic heterocycles. The first-order valence-corrected chi connectivity index (χ1v) is 12.4. The third kappa shape index (κ3) is 3.99. The zero-order valence-corrected chi connectivity index (χ0v) is 20.4. The zero-order chi connectivity index (χ0) is 24.7. The summed E-state index contributed by atoms with van der Waals surface area (Å²) in [7, 11) is 0. The number of hydrazone groups is 1. The monoisotopic (exact) mass is 508 g/mol. The summed E-state index contributed by atoms with van der Waals surface area (Å²) in [4.78, 5) is 51.4. The fourth-order valence-corrected chi connectivity index (χ4v) is 5.55. The molecule has 3 heterocycles. The molecule has 5 rings (SSSR count). The second-order valence-corrected chi connectivity index (χ2v) is 9.52. The molecular formula is C23H20N6O4S2. The van der Waals surface area contributed by atoms with Crippen LogP contribution in [0.2, 0.25) is 0 Å². The average Bonchev–Trinajstić information content (AvgIpc) is 3.26. The number of carbonyl (C=O) groups excluding carboxylic acids is 4. The van der Waals surface area contributed by atoms with Crippen molar-refractivity contribution in [1.29, 1.82) is 0 Å². The van der Waals surface area contributed by atoms with Crippen LogP contribution in [0.25, 0.3) is 0 Å². The SMILES string of the molecule is CCN(CC)N1N=C(SN2C(=O)c3ccccc3C2=O)C=C(SN2C(=O)c3ccccc3C2=O)N1. The molecule has 1 N–H and O–H groups in total. The highest BCUT2D eigenvalue weighted by Crippen LogP contribution is 2.35. The number of amides is 4. The van der Waals surface area contributed by atoms with Gasteiger partial charge >= 0.3 is 0 Å². The van der Waals surface area contributed by atoms with Crippen molar-refractivity contribution in [3.8, 4) is 0 Å². The molecule has 2 aromatic carbocycles. The Morgan fingerprint density at radius 3 is 1.60 bits per heavy atom. The van der Waals surface area contributed by atoms with Crippen LogP contribution < -0.4 is 5.43 Å². The molecule has 0 aliphatic carbocycles. The van der Waals surface area contributed by atoms with Crippen LogP contribution in [-0.2, 0) is 0 Å². The lowest BCUT2D eigenvalue weighted by Gasteiger charge is -2.34. The zero-order valence-electron chi connectivity index (χ0n) is 18.8. The average molecular weight is 509 g/mol. The number of benzene rings is 2. The highest BCUT2D eigenvalue weighted by molar-refractivity contribution is 8.13. The van der Waals surface area contributed by atoms with Gasteiger partial charge in [0.25, 0.3) is 23.6 Å². The van der Waals surface area contributed by atoms with E-state index in [1.807, 2.05) is 18.9 Å². The number of nitrogens with one attached hydrogen (secondary N) is 1. The molecule has 0 unspecified atom stereocenters. The maximum Gasteiger partial charge on any atom is 0.272 e. The molecule has 0 fully saturated rings. The quantitative estimate of drug-likeness (QED) is 0.465. The van der Waals surface area contributed by atoms with Crippen molar-refractivity contribution in [3.05, 3.63) is 81.9 Å². The Morgan fingerprint density at radius 2 is 1.17 bits per heavy atom. The Hall–Kier alpha value is -3.61. The third-order valence-electron chi connectivity index (χ3n) is 5.54. The van der Waals surface area contributed by atoms with Crippen molar-refractivity contribution in [1.82, 2.24) is 24.3 Å². The molecule has 12 heteroatoms. The van der Waals surface area contributed by atoms with Gasteiger partial charge in [0.15, 0.2) is 0 Å². The highest BCUT2D eigenvalue weighted by atomic mass is 32.2. The molecule has 3 aliphatic rings. The number of imide groups is 2. The summed E-state index contributed by atoms with van der Waals surface area (Å²) in [6.07, 6.45) is 1.60. The maximum absolute atomic E-state index is 12.9. The second kappa shape index (κ2) is 9.21. The van der Waals surface area contributed by atoms with Gasteiger partial charge in [0, 0.05) is 43.1 Å². The van der Waals surface area contributed by atoms with E-state index in [1.165, 1.54) is 5.23 Å². The van der Waals surface area contributed by atoms with Crippen LogP contribution >= 0.6 is 23.9 Å². The summed E-state index contributed by atoms with van der Waals surface area (Å²) in [6, 6.07) is 13.3. The van der Waals surface area contributed by atoms with E-state index in [0.717, 1.165) is 32.5 Å². The first kappa shape index (κ1) is 23.1. The molecule has 0 saturated heterocycles. The van der Waals surface area contributed by atoms with Gasteiger partial charge in [-0.15, -0.1) is 10.3 Å². The largest absolute Gasteiger partial charge is 0.272 e. The van der Waals surface area contributed by atoms with Gasteiger partial charge in [0.1, 0.15) is 10.1 Å². The summed E-state index contributed by atoms with van der Waals surface area (Å²) < 4.78 is 2.15. The maximum atomic E-state index is 12.9. The Kier molecular flexibility index (Phi) is 6.09. The number of hydrogen-bond donors (Lipinski definition) is 1. The predicted octanol–water partition coefficient (Wildman–Crippen LogP) is 3.11. The van der Waals surface area contributed by atoms with Crippen molar-refractivity contribution in [2.24, 2.45) is 5.10 Å². The molecule has 0 bridgehead atoms. The molecule has 0 saturated carbocycles. The molecule has 4 amide bonds. The fourth-order valence-electron chi connectivity index (χ4n) is 3.80. The molecular weight excluding hydrogens is 488 g/mol. The van der Waals surface area contributed by atoms with E-state index in [0.29, 0.717) is 45.4 Å². The number of hydrazine groups is 2. The number of rotatable bonds is 6. The first-order valence-electron chi connectivity index (χ1n) is 10.9. The van der Waals surface area contributed by atoms with Crippen molar-refractivity contribution >= 4 is 52.6 Å². The van der Waals surface area contributed by atoms with Crippen molar-refractivity contribution in [2.75, 3.05) is 13.1 Å². The molecule has 0 atom stereocenters. The van der Waals surface area contributed by atoms with Crippen LogP contribution in [0.15, 0.2) is 64.7 Å². The van der Waals surface area contributed by atoms with Crippen molar-refractivity contribution < 1.29 is 19.2 Å². The van der Waals surface area contributed by atoms with E-state index in [1.54, 1.807) is 54.6 Å². The van der Waals surface area contributed by atoms with Crippen LogP contribution in [0.5, 0.6) is 0 Å². The lowest BCUT2D eigenvalue weighted by Crippen LogP contribution is -2.49. The Balaban J connectivity index is 1.42. The van der Waals surface area contributed by atoms with Gasteiger partial charge in [-0.25, -0.2) is 8.61 Å². The van der Waals surface area contributed by atoms with E-state index in [9.17, 15) is 19.2 Å². The van der Waals surface area contributed by atoms with Gasteiger partial charge in [0.05, 0.1) is 22.3 Å². The van der Waals surface area contributed by atoms with Crippen molar-refractivity contribution in [2.45, 2.75) is 13.8 Å². The smallest absolute Gasteiger partial charge is 0.268 e. The second-order valence-electron chi connectivity index (χ2n) is 7.57. The van der Waals surface area contributed by atoms with Gasteiger partial charge in [-0.1, -0.05) is 38.1 Å². The van der Waals surface area contributed by atoms with Crippen LogP contribution in [0.3, 0.4) is 0 Å². The Labute approximate surface area is 209 Å². The van der Waals surface area contributed by atoms with Gasteiger partial charge in [0.2, 0.25) is 0 Å². The van der Waals surface area contributed by atoms with Crippen LogP contribution in [0.4, 0.5) is 0 Å². The Morgan fingerprint density at radius 1 is 0.743 bits per heavy atom. The summed E-state index contributed by atoms with van der Waals surface area (Å²) in [5.41, 5.74) is 4.46. The molecule has 35 heavy (non-hydrogen) atoms. The molecule has 178 valence electrons. The molecule has 10 nitrogen and oxygen atoms in total. The van der Waals surface area contributed by atoms with Gasteiger partial charge < -0.3 is 0 Å². The highest BCUT2D eigenvalue weighted by Gasteiger charge is 2.39. The van der Waals surface area contributed by atoms with E-state index < -0.39 is 23.6 Å². The minimum atomic E-state index is -0.422. The minimum absolute atomic E-state index is 0.337. The summed E-state index contributed by atoms with van der Waals surface area (Å²) in [5, 5.41) is 8.65.